The molecule has 1 aromatic carbocycles. The first-order valence-electron chi connectivity index (χ1n) is 6.45. The Labute approximate surface area is 117 Å². The van der Waals surface area contributed by atoms with E-state index in [4.69, 9.17) is 9.47 Å². The van der Waals surface area contributed by atoms with Gasteiger partial charge in [-0.3, -0.25) is 4.79 Å². The highest BCUT2D eigenvalue weighted by molar-refractivity contribution is 5.97. The Kier molecular flexibility index (Phi) is 4.40. The van der Waals surface area contributed by atoms with Crippen LogP contribution in [-0.4, -0.2) is 31.5 Å². The average molecular weight is 275 g/mol. The van der Waals surface area contributed by atoms with Gasteiger partial charge in [-0.15, -0.1) is 0 Å². The molecule has 1 aliphatic heterocycles. The third-order valence-electron chi connectivity index (χ3n) is 3.08. The van der Waals surface area contributed by atoms with Crippen LogP contribution in [0.4, 0.5) is 5.69 Å². The monoisotopic (exact) mass is 275 g/mol. The molecule has 5 heteroatoms. The van der Waals surface area contributed by atoms with E-state index in [1.807, 2.05) is 24.3 Å². The van der Waals surface area contributed by atoms with E-state index in [0.717, 1.165) is 11.4 Å². The molecule has 106 valence electrons. The van der Waals surface area contributed by atoms with E-state index in [1.165, 1.54) is 6.08 Å². The molecule has 1 unspecified atom stereocenters. The molecule has 0 N–H and O–H groups in total. The van der Waals surface area contributed by atoms with Gasteiger partial charge in [-0.25, -0.2) is 4.79 Å². The van der Waals surface area contributed by atoms with Crippen LogP contribution in [0.1, 0.15) is 13.3 Å². The third kappa shape index (κ3) is 2.99. The molecule has 0 aromatic heterocycles. The lowest BCUT2D eigenvalue weighted by atomic mass is 10.0. The average Bonchev–Trinajstić information content (AvgIpc) is 2.47. The first-order valence-corrected chi connectivity index (χ1v) is 6.45. The van der Waals surface area contributed by atoms with Crippen LogP contribution in [0.25, 0.3) is 0 Å². The quantitative estimate of drug-likeness (QED) is 0.786. The SMILES string of the molecule is CCOC(=O)C1CC(=O)C=CN1c1ccc(OC)cc1. The molecular weight excluding hydrogens is 258 g/mol. The Morgan fingerprint density at radius 1 is 1.35 bits per heavy atom. The number of esters is 1. The number of hydrogen-bond acceptors (Lipinski definition) is 5. The van der Waals surface area contributed by atoms with Crippen LogP contribution in [0, 0.1) is 0 Å². The van der Waals surface area contributed by atoms with Gasteiger partial charge >= 0.3 is 5.97 Å². The summed E-state index contributed by atoms with van der Waals surface area (Å²) in [6.07, 6.45) is 3.22. The van der Waals surface area contributed by atoms with E-state index in [0.29, 0.717) is 6.61 Å². The lowest BCUT2D eigenvalue weighted by Gasteiger charge is -2.31. The van der Waals surface area contributed by atoms with Gasteiger partial charge in [0.1, 0.15) is 11.8 Å². The van der Waals surface area contributed by atoms with E-state index in [2.05, 4.69) is 0 Å². The minimum atomic E-state index is -0.610. The highest BCUT2D eigenvalue weighted by atomic mass is 16.5. The smallest absolute Gasteiger partial charge is 0.329 e. The molecule has 0 fully saturated rings. The lowest BCUT2D eigenvalue weighted by molar-refractivity contribution is -0.145. The fourth-order valence-electron chi connectivity index (χ4n) is 2.08. The van der Waals surface area contributed by atoms with E-state index >= 15 is 0 Å². The Morgan fingerprint density at radius 3 is 2.65 bits per heavy atom. The molecule has 0 amide bonds. The summed E-state index contributed by atoms with van der Waals surface area (Å²) in [5.74, 6) is 0.271. The molecule has 1 aliphatic rings. The molecule has 0 saturated carbocycles. The summed E-state index contributed by atoms with van der Waals surface area (Å²) in [7, 11) is 1.59. The summed E-state index contributed by atoms with van der Waals surface area (Å²) in [6, 6.07) is 6.68. The molecule has 0 radical (unpaired) electrons. The first-order chi connectivity index (χ1) is 9.65. The summed E-state index contributed by atoms with van der Waals surface area (Å²) in [6.45, 7) is 2.04. The largest absolute Gasteiger partial charge is 0.497 e. The van der Waals surface area contributed by atoms with E-state index < -0.39 is 6.04 Å². The maximum absolute atomic E-state index is 12.0. The molecule has 5 nitrogen and oxygen atoms in total. The van der Waals surface area contributed by atoms with Crippen LogP contribution in [0.3, 0.4) is 0 Å². The number of allylic oxidation sites excluding steroid dienone is 1. The van der Waals surface area contributed by atoms with Gasteiger partial charge < -0.3 is 14.4 Å². The topological polar surface area (TPSA) is 55.8 Å². The number of nitrogens with zero attached hydrogens (tertiary/aromatic N) is 1. The van der Waals surface area contributed by atoms with Gasteiger partial charge in [-0.2, -0.15) is 0 Å². The van der Waals surface area contributed by atoms with Crippen LogP contribution >= 0.6 is 0 Å². The molecular formula is C15H17NO4. The fourth-order valence-corrected chi connectivity index (χ4v) is 2.08. The molecule has 1 aromatic rings. The maximum Gasteiger partial charge on any atom is 0.329 e. The summed E-state index contributed by atoms with van der Waals surface area (Å²) < 4.78 is 10.1. The second kappa shape index (κ2) is 6.23. The van der Waals surface area contributed by atoms with Gasteiger partial charge in [0.05, 0.1) is 13.7 Å². The second-order valence-corrected chi connectivity index (χ2v) is 4.36. The standard InChI is InChI=1S/C15H17NO4/c1-3-20-15(18)14-10-12(17)8-9-16(14)11-4-6-13(19-2)7-5-11/h4-9,14H,3,10H2,1-2H3. The highest BCUT2D eigenvalue weighted by Crippen LogP contribution is 2.25. The van der Waals surface area contributed by atoms with Crippen molar-refractivity contribution in [3.63, 3.8) is 0 Å². The number of hydrogen-bond donors (Lipinski definition) is 0. The first kappa shape index (κ1) is 14.1. The van der Waals surface area contributed by atoms with Crippen LogP contribution in [-0.2, 0) is 14.3 Å². The fraction of sp³-hybridized carbons (Fsp3) is 0.333. The lowest BCUT2D eigenvalue weighted by Crippen LogP contribution is -2.42. The van der Waals surface area contributed by atoms with Crippen molar-refractivity contribution in [3.05, 3.63) is 36.5 Å². The molecule has 1 atom stereocenters. The van der Waals surface area contributed by atoms with Gasteiger partial charge in [0.15, 0.2) is 5.78 Å². The van der Waals surface area contributed by atoms with E-state index in [9.17, 15) is 9.59 Å². The minimum Gasteiger partial charge on any atom is -0.497 e. The van der Waals surface area contributed by atoms with Gasteiger partial charge in [0, 0.05) is 18.3 Å². The minimum absolute atomic E-state index is 0.0761. The predicted octanol–water partition coefficient (Wildman–Crippen LogP) is 1.92. The summed E-state index contributed by atoms with van der Waals surface area (Å²) in [5.41, 5.74) is 0.813. The zero-order valence-electron chi connectivity index (χ0n) is 11.5. The number of anilines is 1. The number of carbonyl (C=O) groups is 2. The zero-order valence-corrected chi connectivity index (χ0v) is 11.5. The van der Waals surface area contributed by atoms with Crippen LogP contribution in [0.5, 0.6) is 5.75 Å². The Morgan fingerprint density at radius 2 is 2.05 bits per heavy atom. The molecule has 0 aliphatic carbocycles. The van der Waals surface area contributed by atoms with E-state index in [1.54, 1.807) is 25.1 Å². The number of carbonyl (C=O) groups excluding carboxylic acids is 2. The molecule has 0 saturated heterocycles. The summed E-state index contributed by atoms with van der Waals surface area (Å²) in [5, 5.41) is 0. The van der Waals surface area contributed by atoms with Gasteiger partial charge in [-0.05, 0) is 37.3 Å². The number of rotatable bonds is 4. The Hall–Kier alpha value is -2.30. The van der Waals surface area contributed by atoms with Crippen LogP contribution < -0.4 is 9.64 Å². The van der Waals surface area contributed by atoms with Crippen molar-refractivity contribution in [1.29, 1.82) is 0 Å². The van der Waals surface area contributed by atoms with Crippen LogP contribution in [0.15, 0.2) is 36.5 Å². The summed E-state index contributed by atoms with van der Waals surface area (Å²) in [4.78, 5) is 25.2. The summed E-state index contributed by atoms with van der Waals surface area (Å²) >= 11 is 0. The van der Waals surface area contributed by atoms with Crippen molar-refractivity contribution in [2.24, 2.45) is 0 Å². The molecule has 2 rings (SSSR count). The highest BCUT2D eigenvalue weighted by Gasteiger charge is 2.31. The van der Waals surface area contributed by atoms with Crippen molar-refractivity contribution >= 4 is 17.4 Å². The van der Waals surface area contributed by atoms with E-state index in [-0.39, 0.29) is 18.2 Å². The van der Waals surface area contributed by atoms with Crippen molar-refractivity contribution in [3.8, 4) is 5.75 Å². The normalized spacial score (nSPS) is 18.0. The molecule has 20 heavy (non-hydrogen) atoms. The predicted molar refractivity (Wildman–Crippen MR) is 74.7 cm³/mol. The Balaban J connectivity index is 2.27. The number of ether oxygens (including phenoxy) is 2. The molecule has 0 spiro atoms. The number of benzene rings is 1. The third-order valence-corrected chi connectivity index (χ3v) is 3.08. The molecule has 1 heterocycles. The van der Waals surface area contributed by atoms with Crippen LogP contribution in [0.2, 0.25) is 0 Å². The zero-order chi connectivity index (χ0) is 14.5. The van der Waals surface area contributed by atoms with Gasteiger partial charge in [0.2, 0.25) is 0 Å². The second-order valence-electron chi connectivity index (χ2n) is 4.36. The number of ketones is 1. The van der Waals surface area contributed by atoms with Crippen molar-refractivity contribution < 1.29 is 19.1 Å². The van der Waals surface area contributed by atoms with Crippen molar-refractivity contribution in [1.82, 2.24) is 0 Å². The van der Waals surface area contributed by atoms with Crippen molar-refractivity contribution in [2.75, 3.05) is 18.6 Å². The Bertz CT molecular complexity index is 521. The number of methoxy groups -OCH3 is 1. The van der Waals surface area contributed by atoms with Gasteiger partial charge in [0.25, 0.3) is 0 Å². The van der Waals surface area contributed by atoms with Gasteiger partial charge in [-0.1, -0.05) is 0 Å². The maximum atomic E-state index is 12.0. The van der Waals surface area contributed by atoms with Crippen molar-refractivity contribution in [2.45, 2.75) is 19.4 Å². The molecule has 0 bridgehead atoms.